The van der Waals surface area contributed by atoms with Crippen LogP contribution in [-0.2, 0) is 20.9 Å². The number of carboxylic acid groups (broad SMARTS) is 2. The molecule has 1 aromatic carbocycles. The molecule has 1 saturated heterocycles. The first kappa shape index (κ1) is 26.2. The molecular weight excluding hydrogens is 547 g/mol. The molecule has 3 heterocycles. The summed E-state index contributed by atoms with van der Waals surface area (Å²) < 4.78 is 1.15. The van der Waals surface area contributed by atoms with Gasteiger partial charge in [-0.2, -0.15) is 5.06 Å². The van der Waals surface area contributed by atoms with Crippen molar-refractivity contribution in [2.75, 3.05) is 11.4 Å². The topological polar surface area (TPSA) is 140 Å². The van der Waals surface area contributed by atoms with E-state index < -0.39 is 29.9 Å². The molecule has 1 amide bonds. The van der Waals surface area contributed by atoms with E-state index in [1.54, 1.807) is 11.0 Å². The molecule has 2 aliphatic rings. The molecule has 36 heavy (non-hydrogen) atoms. The Labute approximate surface area is 221 Å². The van der Waals surface area contributed by atoms with Gasteiger partial charge in [0.1, 0.15) is 22.7 Å². The van der Waals surface area contributed by atoms with E-state index in [0.717, 1.165) is 38.2 Å². The summed E-state index contributed by atoms with van der Waals surface area (Å²) in [6.07, 6.45) is 1.73. The van der Waals surface area contributed by atoms with Crippen molar-refractivity contribution in [1.82, 2.24) is 9.63 Å². The molecule has 3 N–H and O–H groups in total. The van der Waals surface area contributed by atoms with E-state index >= 15 is 0 Å². The van der Waals surface area contributed by atoms with Crippen molar-refractivity contribution in [2.45, 2.75) is 25.3 Å². The van der Waals surface area contributed by atoms with Gasteiger partial charge in [-0.25, -0.2) is 0 Å². The zero-order valence-corrected chi connectivity index (χ0v) is 22.1. The molecule has 0 radical (unpaired) electrons. The summed E-state index contributed by atoms with van der Waals surface area (Å²) in [7, 11) is 0. The molecule has 0 atom stereocenters. The number of aromatic nitrogens is 1. The number of hydrogen-bond donors (Lipinski definition) is 3. The first-order valence-corrected chi connectivity index (χ1v) is 13.3. The number of nitrogens with zero attached hydrogens (tertiary/aromatic N) is 3. The van der Waals surface area contributed by atoms with Crippen LogP contribution < -0.4 is 19.7 Å². The van der Waals surface area contributed by atoms with Gasteiger partial charge in [-0.3, -0.25) is 29.0 Å². The van der Waals surface area contributed by atoms with E-state index in [4.69, 9.17) is 12.2 Å². The second-order valence-electron chi connectivity index (χ2n) is 7.98. The number of aliphatic carboxylic acids is 2. The number of carbonyl (C=O) groups excluding carboxylic acids is 1. The van der Waals surface area contributed by atoms with Crippen LogP contribution in [0.1, 0.15) is 13.8 Å². The lowest BCUT2D eigenvalue weighted by molar-refractivity contribution is -0.140. The van der Waals surface area contributed by atoms with E-state index in [-0.39, 0.29) is 35.9 Å². The third-order valence-corrected chi connectivity index (χ3v) is 9.03. The molecule has 10 nitrogen and oxygen atoms in total. The standard InChI is InChI=1S/C22H19N3O7S4/c1-10(2)11(7-14-23(8-15(26)27)12-5-3-4-6-13(12)34-14)17-19(30)24(9-16(28)29)21(35-17)18-20(31)25(32)22(33)36-18/h3-7,10,32H,8-9H2,1-2H3,(H,26,27)(H,28,29)/b14-7-,17-11-,21-18-. The van der Waals surface area contributed by atoms with Gasteiger partial charge in [0, 0.05) is 4.90 Å². The number of carboxylic acids is 2. The van der Waals surface area contributed by atoms with Crippen molar-refractivity contribution < 1.29 is 29.8 Å². The first-order valence-electron chi connectivity index (χ1n) is 10.4. The SMILES string of the molecule is CC(C)C(/C=C1\Sc2ccccc2N1CC(=O)O)=c1\s/c(=C2\SC(=S)N(O)C2=O)n(CC(=O)O)c1=O. The zero-order chi connectivity index (χ0) is 26.3. The molecule has 0 bridgehead atoms. The van der Waals surface area contributed by atoms with E-state index in [1.165, 1.54) is 11.8 Å². The number of thiocarbonyl (C=S) groups is 1. The normalized spacial score (nSPS) is 18.9. The van der Waals surface area contributed by atoms with Crippen molar-refractivity contribution in [1.29, 1.82) is 0 Å². The van der Waals surface area contributed by atoms with E-state index in [2.05, 4.69) is 0 Å². The van der Waals surface area contributed by atoms with Crippen LogP contribution in [0.25, 0.3) is 10.5 Å². The summed E-state index contributed by atoms with van der Waals surface area (Å²) in [5.74, 6) is -3.35. The maximum Gasteiger partial charge on any atom is 0.323 e. The average molecular weight is 566 g/mol. The molecular formula is C22H19N3O7S4. The molecule has 1 aromatic heterocycles. The Morgan fingerprint density at radius 3 is 2.33 bits per heavy atom. The number of anilines is 1. The number of allylic oxidation sites excluding steroid dienone is 1. The number of fused-ring (bicyclic) bond motifs is 1. The van der Waals surface area contributed by atoms with Gasteiger partial charge >= 0.3 is 11.9 Å². The maximum absolute atomic E-state index is 13.5. The van der Waals surface area contributed by atoms with E-state index in [0.29, 0.717) is 10.6 Å². The van der Waals surface area contributed by atoms with Crippen LogP contribution in [0.15, 0.2) is 45.1 Å². The molecule has 14 heteroatoms. The monoisotopic (exact) mass is 565 g/mol. The fourth-order valence-electron chi connectivity index (χ4n) is 3.61. The highest BCUT2D eigenvalue weighted by atomic mass is 32.2. The van der Waals surface area contributed by atoms with Crippen LogP contribution in [0.2, 0.25) is 0 Å². The second-order valence-corrected chi connectivity index (χ2v) is 11.7. The van der Waals surface area contributed by atoms with Crippen LogP contribution in [0.4, 0.5) is 5.69 Å². The molecule has 0 unspecified atom stereocenters. The van der Waals surface area contributed by atoms with Gasteiger partial charge in [0.2, 0.25) is 0 Å². The van der Waals surface area contributed by atoms with Crippen LogP contribution in [0.5, 0.6) is 0 Å². The lowest BCUT2D eigenvalue weighted by atomic mass is 10.0. The smallest absolute Gasteiger partial charge is 0.323 e. The minimum atomic E-state index is -1.28. The van der Waals surface area contributed by atoms with E-state index in [1.807, 2.05) is 38.1 Å². The highest BCUT2D eigenvalue weighted by Crippen LogP contribution is 2.46. The molecule has 0 aliphatic carbocycles. The Kier molecular flexibility index (Phi) is 7.43. The number of para-hydroxylation sites is 1. The van der Waals surface area contributed by atoms with Gasteiger partial charge in [-0.1, -0.05) is 37.7 Å². The molecule has 0 saturated carbocycles. The molecule has 2 aliphatic heterocycles. The average Bonchev–Trinajstić information content (AvgIpc) is 3.39. The quantitative estimate of drug-likeness (QED) is 0.348. The first-order chi connectivity index (χ1) is 17.0. The van der Waals surface area contributed by atoms with Crippen molar-refractivity contribution >= 4 is 85.4 Å². The van der Waals surface area contributed by atoms with Crippen molar-refractivity contribution in [3.05, 3.63) is 54.9 Å². The molecule has 0 spiro atoms. The molecule has 4 rings (SSSR count). The molecule has 2 aromatic rings. The summed E-state index contributed by atoms with van der Waals surface area (Å²) in [5, 5.41) is 29.6. The van der Waals surface area contributed by atoms with Crippen LogP contribution in [0.3, 0.4) is 0 Å². The van der Waals surface area contributed by atoms with Gasteiger partial charge in [0.05, 0.1) is 15.2 Å². The van der Waals surface area contributed by atoms with Gasteiger partial charge in [-0.05, 0) is 53.7 Å². The fourth-order valence-corrected chi connectivity index (χ4v) is 7.27. The van der Waals surface area contributed by atoms with Crippen molar-refractivity contribution in [3.63, 3.8) is 0 Å². The number of thiazole rings is 1. The van der Waals surface area contributed by atoms with Crippen LogP contribution in [-0.4, -0.2) is 53.8 Å². The Balaban J connectivity index is 2.00. The number of amides is 1. The highest BCUT2D eigenvalue weighted by Gasteiger charge is 2.34. The number of rotatable bonds is 6. The third kappa shape index (κ3) is 4.86. The molecule has 1 fully saturated rings. The fraction of sp³-hybridized carbons (Fsp3) is 0.227. The summed E-state index contributed by atoms with van der Waals surface area (Å²) in [6.45, 7) is 2.74. The lowest BCUT2D eigenvalue weighted by Crippen LogP contribution is -2.36. The number of carbonyl (C=O) groups is 3. The molecule has 188 valence electrons. The number of thioether (sulfide) groups is 2. The lowest BCUT2D eigenvalue weighted by Gasteiger charge is -2.19. The van der Waals surface area contributed by atoms with Gasteiger partial charge in [0.25, 0.3) is 11.5 Å². The number of hydrogen-bond acceptors (Lipinski definition) is 10. The van der Waals surface area contributed by atoms with Crippen LogP contribution in [0, 0.1) is 5.92 Å². The predicted octanol–water partition coefficient (Wildman–Crippen LogP) is 1.70. The van der Waals surface area contributed by atoms with Crippen molar-refractivity contribution in [3.8, 4) is 0 Å². The number of benzene rings is 1. The zero-order valence-electron chi connectivity index (χ0n) is 18.8. The minimum absolute atomic E-state index is 0.0389. The Morgan fingerprint density at radius 2 is 1.75 bits per heavy atom. The summed E-state index contributed by atoms with van der Waals surface area (Å²) in [4.78, 5) is 51.5. The minimum Gasteiger partial charge on any atom is -0.480 e. The Bertz CT molecular complexity index is 1520. The summed E-state index contributed by atoms with van der Waals surface area (Å²) in [6, 6.07) is 7.34. The maximum atomic E-state index is 13.5. The Hall–Kier alpha value is -2.91. The highest BCUT2D eigenvalue weighted by molar-refractivity contribution is 8.30. The summed E-state index contributed by atoms with van der Waals surface area (Å²) >= 11 is 8.05. The predicted molar refractivity (Wildman–Crippen MR) is 141 cm³/mol. The van der Waals surface area contributed by atoms with Gasteiger partial charge in [0.15, 0.2) is 4.32 Å². The van der Waals surface area contributed by atoms with Crippen molar-refractivity contribution in [2.24, 2.45) is 5.92 Å². The third-order valence-electron chi connectivity index (χ3n) is 5.21. The van der Waals surface area contributed by atoms with Gasteiger partial charge in [-0.15, -0.1) is 11.3 Å². The van der Waals surface area contributed by atoms with E-state index in [9.17, 15) is 34.6 Å². The Morgan fingerprint density at radius 1 is 1.08 bits per heavy atom. The van der Waals surface area contributed by atoms with Crippen LogP contribution >= 0.6 is 47.1 Å². The van der Waals surface area contributed by atoms with Gasteiger partial charge < -0.3 is 15.1 Å². The number of hydroxylamine groups is 2. The largest absolute Gasteiger partial charge is 0.480 e. The second kappa shape index (κ2) is 10.2. The summed E-state index contributed by atoms with van der Waals surface area (Å²) in [5.41, 5.74) is 0.682.